The average molecular weight is 525 g/mol. The maximum absolute atomic E-state index is 5.37. The molecule has 0 spiro atoms. The van der Waals surface area contributed by atoms with Gasteiger partial charge in [0.1, 0.15) is 0 Å². The molecule has 1 fully saturated rings. The Morgan fingerprint density at radius 1 is 1.17 bits per heavy atom. The lowest BCUT2D eigenvalue weighted by Gasteiger charge is -2.33. The van der Waals surface area contributed by atoms with Crippen LogP contribution in [0.1, 0.15) is 68.5 Å². The number of likely N-dealkylation sites (tertiary alicyclic amines) is 1. The van der Waals surface area contributed by atoms with Crippen LogP contribution in [0, 0.1) is 0 Å². The quantitative estimate of drug-likeness (QED) is 0.313. The summed E-state index contributed by atoms with van der Waals surface area (Å²) in [6.07, 6.45) is 4.01. The van der Waals surface area contributed by atoms with E-state index in [0.717, 1.165) is 30.5 Å². The standard InChI is InChI=1S/C23H35N5O.HI/c1-17(2)22-13-21(29-27-22)15-26-23(24-4)25-14-19-8-10-20(11-9-19)16-28-12-6-5-7-18(28)3;/h8-11,13,17-18H,5-7,12,14-16H2,1-4H3,(H2,24,25,26);1H. The highest BCUT2D eigenvalue weighted by atomic mass is 127. The predicted octanol–water partition coefficient (Wildman–Crippen LogP) is 4.66. The van der Waals surface area contributed by atoms with E-state index in [4.69, 9.17) is 4.52 Å². The molecule has 1 atom stereocenters. The van der Waals surface area contributed by atoms with Crippen LogP contribution in [-0.2, 0) is 19.6 Å². The summed E-state index contributed by atoms with van der Waals surface area (Å²) in [5.74, 6) is 1.93. The van der Waals surface area contributed by atoms with Crippen molar-refractivity contribution < 1.29 is 4.52 Å². The van der Waals surface area contributed by atoms with Gasteiger partial charge in [0.05, 0.1) is 12.2 Å². The van der Waals surface area contributed by atoms with Crippen molar-refractivity contribution in [2.24, 2.45) is 4.99 Å². The highest BCUT2D eigenvalue weighted by Gasteiger charge is 2.17. The van der Waals surface area contributed by atoms with Crippen LogP contribution >= 0.6 is 24.0 Å². The van der Waals surface area contributed by atoms with Crippen molar-refractivity contribution in [3.63, 3.8) is 0 Å². The molecular formula is C23H36IN5O. The van der Waals surface area contributed by atoms with Gasteiger partial charge in [-0.25, -0.2) is 0 Å². The Morgan fingerprint density at radius 3 is 2.50 bits per heavy atom. The largest absolute Gasteiger partial charge is 0.359 e. The van der Waals surface area contributed by atoms with Crippen LogP contribution in [0.15, 0.2) is 39.8 Å². The number of benzene rings is 1. The van der Waals surface area contributed by atoms with E-state index in [-0.39, 0.29) is 24.0 Å². The summed E-state index contributed by atoms with van der Waals surface area (Å²) in [4.78, 5) is 6.88. The lowest BCUT2D eigenvalue weighted by Crippen LogP contribution is -2.36. The molecule has 1 aromatic heterocycles. The molecule has 2 aromatic rings. The number of halogens is 1. The van der Waals surface area contributed by atoms with Gasteiger partial charge in [-0.1, -0.05) is 49.7 Å². The Kier molecular flexibility index (Phi) is 10.1. The first-order valence-electron chi connectivity index (χ1n) is 10.8. The minimum absolute atomic E-state index is 0. The van der Waals surface area contributed by atoms with E-state index >= 15 is 0 Å². The van der Waals surface area contributed by atoms with Gasteiger partial charge in [0, 0.05) is 32.2 Å². The average Bonchev–Trinajstić information content (AvgIpc) is 3.20. The molecule has 1 aliphatic heterocycles. The van der Waals surface area contributed by atoms with Crippen LogP contribution in [0.2, 0.25) is 0 Å². The molecule has 0 saturated carbocycles. The van der Waals surface area contributed by atoms with Crippen molar-refractivity contribution in [1.29, 1.82) is 0 Å². The van der Waals surface area contributed by atoms with Gasteiger partial charge >= 0.3 is 0 Å². The first-order chi connectivity index (χ1) is 14.0. The third-order valence-corrected chi connectivity index (χ3v) is 5.63. The van der Waals surface area contributed by atoms with E-state index in [1.54, 1.807) is 7.05 Å². The molecule has 0 radical (unpaired) electrons. The number of piperidine rings is 1. The summed E-state index contributed by atoms with van der Waals surface area (Å²) in [7, 11) is 1.78. The molecule has 0 aliphatic carbocycles. The normalized spacial score (nSPS) is 17.6. The second-order valence-electron chi connectivity index (χ2n) is 8.28. The Balaban J connectivity index is 0.00000320. The maximum atomic E-state index is 5.37. The van der Waals surface area contributed by atoms with Gasteiger partial charge in [-0.3, -0.25) is 9.89 Å². The molecule has 0 amide bonds. The van der Waals surface area contributed by atoms with E-state index in [1.807, 2.05) is 6.07 Å². The highest BCUT2D eigenvalue weighted by Crippen LogP contribution is 2.19. The van der Waals surface area contributed by atoms with Crippen molar-refractivity contribution in [2.45, 2.75) is 71.6 Å². The first-order valence-corrected chi connectivity index (χ1v) is 10.8. The minimum Gasteiger partial charge on any atom is -0.359 e. The molecule has 2 heterocycles. The molecule has 2 N–H and O–H groups in total. The van der Waals surface area contributed by atoms with Gasteiger partial charge in [-0.2, -0.15) is 0 Å². The molecule has 1 saturated heterocycles. The van der Waals surface area contributed by atoms with E-state index < -0.39 is 0 Å². The van der Waals surface area contributed by atoms with Crippen LogP contribution < -0.4 is 10.6 Å². The van der Waals surface area contributed by atoms with Gasteiger partial charge in [0.25, 0.3) is 0 Å². The molecule has 166 valence electrons. The second-order valence-corrected chi connectivity index (χ2v) is 8.28. The van der Waals surface area contributed by atoms with E-state index in [1.165, 1.54) is 36.9 Å². The molecule has 7 heteroatoms. The summed E-state index contributed by atoms with van der Waals surface area (Å²) < 4.78 is 5.37. The predicted molar refractivity (Wildman–Crippen MR) is 133 cm³/mol. The fourth-order valence-electron chi connectivity index (χ4n) is 3.65. The van der Waals surface area contributed by atoms with Crippen LogP contribution in [0.25, 0.3) is 0 Å². The van der Waals surface area contributed by atoms with Crippen LogP contribution in [0.3, 0.4) is 0 Å². The number of guanidine groups is 1. The lowest BCUT2D eigenvalue weighted by molar-refractivity contribution is 0.152. The Hall–Kier alpha value is -1.61. The fraction of sp³-hybridized carbons (Fsp3) is 0.565. The van der Waals surface area contributed by atoms with Crippen LogP contribution in [0.4, 0.5) is 0 Å². The number of aromatic nitrogens is 1. The van der Waals surface area contributed by atoms with E-state index in [0.29, 0.717) is 18.5 Å². The van der Waals surface area contributed by atoms with Crippen molar-refractivity contribution >= 4 is 29.9 Å². The molecule has 0 bridgehead atoms. The molecule has 6 nitrogen and oxygen atoms in total. The molecule has 1 aromatic carbocycles. The van der Waals surface area contributed by atoms with Gasteiger partial charge < -0.3 is 15.2 Å². The zero-order chi connectivity index (χ0) is 20.6. The second kappa shape index (κ2) is 12.3. The van der Waals surface area contributed by atoms with Crippen LogP contribution in [-0.4, -0.2) is 35.7 Å². The van der Waals surface area contributed by atoms with E-state index in [2.05, 4.69) is 70.7 Å². The van der Waals surface area contributed by atoms with Gasteiger partial charge in [-0.15, -0.1) is 24.0 Å². The molecule has 3 rings (SSSR count). The molecule has 30 heavy (non-hydrogen) atoms. The Morgan fingerprint density at radius 2 is 1.87 bits per heavy atom. The number of aliphatic imine (C=N–C) groups is 1. The number of nitrogens with one attached hydrogen (secondary N) is 2. The summed E-state index contributed by atoms with van der Waals surface area (Å²) in [5, 5.41) is 10.7. The summed E-state index contributed by atoms with van der Waals surface area (Å²) in [6, 6.07) is 11.6. The Labute approximate surface area is 197 Å². The lowest BCUT2D eigenvalue weighted by atomic mass is 10.0. The topological polar surface area (TPSA) is 65.7 Å². The number of hydrogen-bond acceptors (Lipinski definition) is 4. The maximum Gasteiger partial charge on any atom is 0.191 e. The number of rotatable bonds is 7. The zero-order valence-corrected chi connectivity index (χ0v) is 21.0. The van der Waals surface area contributed by atoms with Crippen LogP contribution in [0.5, 0.6) is 0 Å². The monoisotopic (exact) mass is 525 g/mol. The van der Waals surface area contributed by atoms with Crippen molar-refractivity contribution in [3.05, 3.63) is 52.9 Å². The Bertz CT molecular complexity index is 787. The van der Waals surface area contributed by atoms with Crippen molar-refractivity contribution in [3.8, 4) is 0 Å². The summed E-state index contributed by atoms with van der Waals surface area (Å²) >= 11 is 0. The van der Waals surface area contributed by atoms with Gasteiger partial charge in [0.2, 0.25) is 0 Å². The van der Waals surface area contributed by atoms with Gasteiger partial charge in [-0.05, 0) is 43.4 Å². The summed E-state index contributed by atoms with van der Waals surface area (Å²) in [5.41, 5.74) is 3.60. The van der Waals surface area contributed by atoms with Crippen molar-refractivity contribution in [2.75, 3.05) is 13.6 Å². The first kappa shape index (κ1) is 24.7. The molecule has 1 aliphatic rings. The minimum atomic E-state index is 0. The van der Waals surface area contributed by atoms with E-state index in [9.17, 15) is 0 Å². The third kappa shape index (κ3) is 7.27. The zero-order valence-electron chi connectivity index (χ0n) is 18.6. The fourth-order valence-corrected chi connectivity index (χ4v) is 3.65. The smallest absolute Gasteiger partial charge is 0.191 e. The van der Waals surface area contributed by atoms with Crippen molar-refractivity contribution in [1.82, 2.24) is 20.7 Å². The van der Waals surface area contributed by atoms with Gasteiger partial charge in [0.15, 0.2) is 11.7 Å². The number of nitrogens with zero attached hydrogens (tertiary/aromatic N) is 3. The third-order valence-electron chi connectivity index (χ3n) is 5.63. The SMILES string of the molecule is CN=C(NCc1ccc(CN2CCCCC2C)cc1)NCc1cc(C(C)C)no1.I. The number of hydrogen-bond donors (Lipinski definition) is 2. The highest BCUT2D eigenvalue weighted by molar-refractivity contribution is 14.0. The molecular weight excluding hydrogens is 489 g/mol. The summed E-state index contributed by atoms with van der Waals surface area (Å²) in [6.45, 7) is 10.1. The molecule has 1 unspecified atom stereocenters.